The molecule has 118 valence electrons. The number of hydrogen-bond donors (Lipinski definition) is 3. The van der Waals surface area contributed by atoms with E-state index < -0.39 is 10.0 Å². The molecule has 0 aliphatic rings. The number of urea groups is 1. The molecule has 0 radical (unpaired) electrons. The Morgan fingerprint density at radius 2 is 1.95 bits per heavy atom. The number of carbonyl (C=O) groups is 1. The third-order valence-electron chi connectivity index (χ3n) is 2.63. The molecule has 0 aliphatic carbocycles. The molecule has 1 aromatic carbocycles. The van der Waals surface area contributed by atoms with Gasteiger partial charge in [-0.3, -0.25) is 4.72 Å². The van der Waals surface area contributed by atoms with Gasteiger partial charge in [0.2, 0.25) is 0 Å². The highest BCUT2D eigenvalue weighted by atomic mass is 32.2. The van der Waals surface area contributed by atoms with Crippen molar-refractivity contribution in [2.24, 2.45) is 0 Å². The summed E-state index contributed by atoms with van der Waals surface area (Å²) in [7, 11) is -3.76. The summed E-state index contributed by atoms with van der Waals surface area (Å²) in [6.45, 7) is 3.96. The smallest absolute Gasteiger partial charge is 0.319 e. The molecule has 2 aromatic rings. The van der Waals surface area contributed by atoms with Gasteiger partial charge in [-0.25, -0.2) is 13.2 Å². The Labute approximate surface area is 127 Å². The van der Waals surface area contributed by atoms with Gasteiger partial charge in [-0.05, 0) is 38.1 Å². The third-order valence-corrected chi connectivity index (χ3v) is 4.00. The summed E-state index contributed by atoms with van der Waals surface area (Å²) in [6, 6.07) is 6.89. The molecule has 0 saturated carbocycles. The average Bonchev–Trinajstić information content (AvgIpc) is 2.84. The van der Waals surface area contributed by atoms with E-state index in [1.54, 1.807) is 13.8 Å². The van der Waals surface area contributed by atoms with Crippen molar-refractivity contribution >= 4 is 27.6 Å². The van der Waals surface area contributed by atoms with E-state index in [0.717, 1.165) is 0 Å². The standard InChI is InChI=1S/C13H16N4O4S/c1-3-14-13(18)15-10-4-6-11(7-5-10)22(19,20)17-12-8-9(2)21-16-12/h4-8H,3H2,1-2H3,(H,16,17)(H2,14,15,18). The van der Waals surface area contributed by atoms with Crippen molar-refractivity contribution in [3.8, 4) is 0 Å². The van der Waals surface area contributed by atoms with Gasteiger partial charge in [0.1, 0.15) is 5.76 Å². The van der Waals surface area contributed by atoms with Crippen LogP contribution in [0.15, 0.2) is 39.8 Å². The Bertz CT molecular complexity index is 753. The van der Waals surface area contributed by atoms with Gasteiger partial charge < -0.3 is 15.2 Å². The second kappa shape index (κ2) is 6.48. The number of amides is 2. The summed E-state index contributed by atoms with van der Waals surface area (Å²) < 4.78 is 31.4. The molecule has 8 nitrogen and oxygen atoms in total. The maximum absolute atomic E-state index is 12.2. The van der Waals surface area contributed by atoms with Crippen LogP contribution in [0.1, 0.15) is 12.7 Å². The summed E-state index contributed by atoms with van der Waals surface area (Å²) in [5.41, 5.74) is 0.488. The molecule has 0 atom stereocenters. The van der Waals surface area contributed by atoms with Gasteiger partial charge in [0.05, 0.1) is 4.90 Å². The first kappa shape index (κ1) is 15.8. The Balaban J connectivity index is 2.10. The largest absolute Gasteiger partial charge is 0.360 e. The van der Waals surface area contributed by atoms with Gasteiger partial charge in [0.25, 0.3) is 10.0 Å². The van der Waals surface area contributed by atoms with Crippen LogP contribution >= 0.6 is 0 Å². The topological polar surface area (TPSA) is 113 Å². The van der Waals surface area contributed by atoms with E-state index in [4.69, 9.17) is 4.52 Å². The molecule has 1 heterocycles. The number of benzene rings is 1. The predicted molar refractivity (Wildman–Crippen MR) is 81.2 cm³/mol. The van der Waals surface area contributed by atoms with Gasteiger partial charge >= 0.3 is 6.03 Å². The summed E-state index contributed by atoms with van der Waals surface area (Å²) in [5, 5.41) is 8.73. The Hall–Kier alpha value is -2.55. The average molecular weight is 324 g/mol. The van der Waals surface area contributed by atoms with E-state index >= 15 is 0 Å². The lowest BCUT2D eigenvalue weighted by Gasteiger charge is -2.08. The molecule has 0 bridgehead atoms. The second-order valence-electron chi connectivity index (χ2n) is 4.44. The van der Waals surface area contributed by atoms with E-state index in [-0.39, 0.29) is 16.7 Å². The molecule has 0 fully saturated rings. The molecule has 3 N–H and O–H groups in total. The SMILES string of the molecule is CCNC(=O)Nc1ccc(S(=O)(=O)Nc2cc(C)on2)cc1. The van der Waals surface area contributed by atoms with Crippen LogP contribution in [0.4, 0.5) is 16.3 Å². The van der Waals surface area contributed by atoms with E-state index in [9.17, 15) is 13.2 Å². The summed E-state index contributed by atoms with van der Waals surface area (Å²) in [6.07, 6.45) is 0. The van der Waals surface area contributed by atoms with Crippen LogP contribution in [0.3, 0.4) is 0 Å². The molecule has 1 aromatic heterocycles. The van der Waals surface area contributed by atoms with Gasteiger partial charge in [0.15, 0.2) is 5.82 Å². The molecule has 0 unspecified atom stereocenters. The van der Waals surface area contributed by atoms with E-state index in [1.165, 1.54) is 30.3 Å². The molecular weight excluding hydrogens is 308 g/mol. The number of nitrogens with zero attached hydrogens (tertiary/aromatic N) is 1. The number of aryl methyl sites for hydroxylation is 1. The van der Waals surface area contributed by atoms with Gasteiger partial charge in [-0.1, -0.05) is 5.16 Å². The van der Waals surface area contributed by atoms with Crippen molar-refractivity contribution in [1.82, 2.24) is 10.5 Å². The normalized spacial score (nSPS) is 11.0. The monoisotopic (exact) mass is 324 g/mol. The first-order chi connectivity index (χ1) is 10.4. The van der Waals surface area contributed by atoms with Gasteiger partial charge in [-0.15, -0.1) is 0 Å². The quantitative estimate of drug-likeness (QED) is 0.777. The van der Waals surface area contributed by atoms with Crippen LogP contribution in [0.5, 0.6) is 0 Å². The van der Waals surface area contributed by atoms with Crippen LogP contribution < -0.4 is 15.4 Å². The van der Waals surface area contributed by atoms with Crippen molar-refractivity contribution in [2.75, 3.05) is 16.6 Å². The second-order valence-corrected chi connectivity index (χ2v) is 6.12. The van der Waals surface area contributed by atoms with Crippen LogP contribution in [0.25, 0.3) is 0 Å². The molecule has 9 heteroatoms. The number of aromatic nitrogens is 1. The molecule has 0 spiro atoms. The fraction of sp³-hybridized carbons (Fsp3) is 0.231. The number of rotatable bonds is 5. The van der Waals surface area contributed by atoms with Crippen LogP contribution in [-0.2, 0) is 10.0 Å². The first-order valence-corrected chi connectivity index (χ1v) is 8.00. The first-order valence-electron chi connectivity index (χ1n) is 6.52. The van der Waals surface area contributed by atoms with E-state index in [1.807, 2.05) is 0 Å². The third kappa shape index (κ3) is 3.98. The number of anilines is 2. The van der Waals surface area contributed by atoms with Crippen molar-refractivity contribution in [2.45, 2.75) is 18.7 Å². The van der Waals surface area contributed by atoms with Gasteiger partial charge in [0, 0.05) is 18.3 Å². The minimum atomic E-state index is -3.76. The highest BCUT2D eigenvalue weighted by Crippen LogP contribution is 2.18. The van der Waals surface area contributed by atoms with E-state index in [0.29, 0.717) is 18.0 Å². The number of sulfonamides is 1. The zero-order valence-electron chi connectivity index (χ0n) is 12.1. The molecule has 2 rings (SSSR count). The Kier molecular flexibility index (Phi) is 4.66. The van der Waals surface area contributed by atoms with Crippen molar-refractivity contribution in [3.05, 3.63) is 36.1 Å². The van der Waals surface area contributed by atoms with Gasteiger partial charge in [-0.2, -0.15) is 0 Å². The molecule has 0 saturated heterocycles. The zero-order valence-corrected chi connectivity index (χ0v) is 12.9. The molecule has 0 aliphatic heterocycles. The summed E-state index contributed by atoms with van der Waals surface area (Å²) in [5.74, 6) is 0.612. The lowest BCUT2D eigenvalue weighted by molar-refractivity contribution is 0.252. The number of nitrogens with one attached hydrogen (secondary N) is 3. The van der Waals surface area contributed by atoms with Crippen molar-refractivity contribution < 1.29 is 17.7 Å². The highest BCUT2D eigenvalue weighted by Gasteiger charge is 2.16. The van der Waals surface area contributed by atoms with E-state index in [2.05, 4.69) is 20.5 Å². The zero-order chi connectivity index (χ0) is 16.2. The summed E-state index contributed by atoms with van der Waals surface area (Å²) >= 11 is 0. The fourth-order valence-corrected chi connectivity index (χ4v) is 2.65. The lowest BCUT2D eigenvalue weighted by Crippen LogP contribution is -2.28. The predicted octanol–water partition coefficient (Wildman–Crippen LogP) is 1.93. The number of hydrogen-bond acceptors (Lipinski definition) is 5. The number of carbonyl (C=O) groups excluding carboxylic acids is 1. The van der Waals surface area contributed by atoms with Crippen LogP contribution in [0, 0.1) is 6.92 Å². The lowest BCUT2D eigenvalue weighted by atomic mass is 10.3. The maximum atomic E-state index is 12.2. The molecule has 2 amide bonds. The molecular formula is C13H16N4O4S. The minimum Gasteiger partial charge on any atom is -0.360 e. The van der Waals surface area contributed by atoms with Crippen molar-refractivity contribution in [1.29, 1.82) is 0 Å². The van der Waals surface area contributed by atoms with Crippen LogP contribution in [-0.4, -0.2) is 26.2 Å². The fourth-order valence-electron chi connectivity index (χ4n) is 1.66. The molecule has 22 heavy (non-hydrogen) atoms. The highest BCUT2D eigenvalue weighted by molar-refractivity contribution is 7.92. The van der Waals surface area contributed by atoms with Crippen LogP contribution in [0.2, 0.25) is 0 Å². The maximum Gasteiger partial charge on any atom is 0.319 e. The minimum absolute atomic E-state index is 0.0506. The van der Waals surface area contributed by atoms with Crippen molar-refractivity contribution in [3.63, 3.8) is 0 Å². The Morgan fingerprint density at radius 3 is 2.50 bits per heavy atom. The summed E-state index contributed by atoms with van der Waals surface area (Å²) in [4.78, 5) is 11.4. The Morgan fingerprint density at radius 1 is 1.27 bits per heavy atom.